The van der Waals surface area contributed by atoms with Gasteiger partial charge in [-0.1, -0.05) is 6.07 Å². The molecule has 5 heteroatoms. The van der Waals surface area contributed by atoms with Gasteiger partial charge in [-0.3, -0.25) is 9.25 Å². The highest BCUT2D eigenvalue weighted by Crippen LogP contribution is 2.22. The van der Waals surface area contributed by atoms with Crippen molar-refractivity contribution in [2.45, 2.75) is 12.8 Å². The molecule has 0 fully saturated rings. The minimum absolute atomic E-state index is 0.365. The quantitative estimate of drug-likeness (QED) is 0.664. The molecule has 3 rings (SSSR count). The zero-order valence-electron chi connectivity index (χ0n) is 10.3. The Hall–Kier alpha value is -1.81. The molecule has 4 nitrogen and oxygen atoms in total. The van der Waals surface area contributed by atoms with E-state index in [4.69, 9.17) is 11.6 Å². The van der Waals surface area contributed by atoms with Gasteiger partial charge in [0, 0.05) is 19.3 Å². The van der Waals surface area contributed by atoms with E-state index in [2.05, 4.69) is 35.2 Å². The summed E-state index contributed by atoms with van der Waals surface area (Å²) in [6, 6.07) is 8.14. The predicted molar refractivity (Wildman–Crippen MR) is 72.1 cm³/mol. The van der Waals surface area contributed by atoms with E-state index in [0.717, 1.165) is 22.7 Å². The predicted octanol–water partition coefficient (Wildman–Crippen LogP) is 2.81. The SMILES string of the molecule is Cc1ccc2c(c1)nc(CCl)n2-c1ccn(C)n1. The van der Waals surface area contributed by atoms with Gasteiger partial charge in [0.2, 0.25) is 0 Å². The standard InChI is InChI=1S/C13H13ClN4/c1-9-3-4-11-10(7-9)15-13(8-14)18(11)12-5-6-17(2)16-12/h3-7H,8H2,1-2H3. The van der Waals surface area contributed by atoms with Gasteiger partial charge in [-0.15, -0.1) is 11.6 Å². The highest BCUT2D eigenvalue weighted by molar-refractivity contribution is 6.17. The Labute approximate surface area is 110 Å². The molecule has 2 aromatic heterocycles. The van der Waals surface area contributed by atoms with Crippen molar-refractivity contribution in [3.05, 3.63) is 41.9 Å². The Bertz CT molecular complexity index is 711. The molecule has 0 spiro atoms. The molecular formula is C13H13ClN4. The first-order chi connectivity index (χ1) is 8.69. The second kappa shape index (κ2) is 4.14. The van der Waals surface area contributed by atoms with E-state index in [9.17, 15) is 0 Å². The molecule has 3 aromatic rings. The number of nitrogens with zero attached hydrogens (tertiary/aromatic N) is 4. The molecule has 0 N–H and O–H groups in total. The fourth-order valence-corrected chi connectivity index (χ4v) is 2.29. The lowest BCUT2D eigenvalue weighted by Gasteiger charge is -2.03. The van der Waals surface area contributed by atoms with Crippen molar-refractivity contribution >= 4 is 22.6 Å². The maximum Gasteiger partial charge on any atom is 0.160 e. The van der Waals surface area contributed by atoms with Crippen LogP contribution >= 0.6 is 11.6 Å². The van der Waals surface area contributed by atoms with E-state index in [1.807, 2.05) is 23.9 Å². The summed E-state index contributed by atoms with van der Waals surface area (Å²) < 4.78 is 3.77. The van der Waals surface area contributed by atoms with Crippen LogP contribution in [0.2, 0.25) is 0 Å². The van der Waals surface area contributed by atoms with E-state index < -0.39 is 0 Å². The minimum Gasteiger partial charge on any atom is -0.278 e. The second-order valence-corrected chi connectivity index (χ2v) is 4.60. The molecule has 0 unspecified atom stereocenters. The first-order valence-electron chi connectivity index (χ1n) is 5.73. The van der Waals surface area contributed by atoms with Crippen molar-refractivity contribution in [3.63, 3.8) is 0 Å². The summed E-state index contributed by atoms with van der Waals surface area (Å²) in [4.78, 5) is 4.56. The van der Waals surface area contributed by atoms with Gasteiger partial charge in [-0.25, -0.2) is 4.98 Å². The fraction of sp³-hybridized carbons (Fsp3) is 0.231. The topological polar surface area (TPSA) is 35.6 Å². The van der Waals surface area contributed by atoms with Crippen LogP contribution in [-0.4, -0.2) is 19.3 Å². The number of fused-ring (bicyclic) bond motifs is 1. The van der Waals surface area contributed by atoms with Crippen LogP contribution in [-0.2, 0) is 12.9 Å². The number of imidazole rings is 1. The number of hydrogen-bond donors (Lipinski definition) is 0. The van der Waals surface area contributed by atoms with Crippen molar-refractivity contribution in [2.75, 3.05) is 0 Å². The third-order valence-corrected chi connectivity index (χ3v) is 3.17. The summed E-state index contributed by atoms with van der Waals surface area (Å²) in [7, 11) is 1.90. The third-order valence-electron chi connectivity index (χ3n) is 2.93. The number of aromatic nitrogens is 4. The van der Waals surface area contributed by atoms with Gasteiger partial charge in [-0.05, 0) is 24.6 Å². The average Bonchev–Trinajstić information content (AvgIpc) is 2.91. The van der Waals surface area contributed by atoms with Crippen molar-refractivity contribution in [1.29, 1.82) is 0 Å². The number of alkyl halides is 1. The van der Waals surface area contributed by atoms with Crippen molar-refractivity contribution in [1.82, 2.24) is 19.3 Å². The van der Waals surface area contributed by atoms with E-state index in [1.165, 1.54) is 5.56 Å². The molecule has 0 saturated carbocycles. The normalized spacial score (nSPS) is 11.3. The minimum atomic E-state index is 0.365. The Balaban J connectivity index is 2.32. The lowest BCUT2D eigenvalue weighted by Crippen LogP contribution is -2.01. The smallest absolute Gasteiger partial charge is 0.160 e. The van der Waals surface area contributed by atoms with Crippen LogP contribution in [0.15, 0.2) is 30.5 Å². The molecule has 0 amide bonds. The van der Waals surface area contributed by atoms with Crippen molar-refractivity contribution in [2.24, 2.45) is 7.05 Å². The Kier molecular flexibility index (Phi) is 2.59. The van der Waals surface area contributed by atoms with Crippen LogP contribution in [0.25, 0.3) is 16.9 Å². The summed E-state index contributed by atoms with van der Waals surface area (Å²) >= 11 is 5.98. The molecule has 0 bridgehead atoms. The summed E-state index contributed by atoms with van der Waals surface area (Å²) in [6.07, 6.45) is 1.91. The van der Waals surface area contributed by atoms with E-state index in [-0.39, 0.29) is 0 Å². The van der Waals surface area contributed by atoms with E-state index in [0.29, 0.717) is 5.88 Å². The van der Waals surface area contributed by atoms with Gasteiger partial charge < -0.3 is 0 Å². The lowest BCUT2D eigenvalue weighted by atomic mass is 10.2. The molecule has 0 atom stereocenters. The fourth-order valence-electron chi connectivity index (χ4n) is 2.11. The molecule has 92 valence electrons. The molecular weight excluding hydrogens is 248 g/mol. The van der Waals surface area contributed by atoms with Crippen LogP contribution in [0, 0.1) is 6.92 Å². The third kappa shape index (κ3) is 1.69. The average molecular weight is 261 g/mol. The highest BCUT2D eigenvalue weighted by Gasteiger charge is 2.13. The van der Waals surface area contributed by atoms with Gasteiger partial charge in [-0.2, -0.15) is 5.10 Å². The molecule has 2 heterocycles. The maximum atomic E-state index is 5.98. The Morgan fingerprint density at radius 3 is 2.78 bits per heavy atom. The summed E-state index contributed by atoms with van der Waals surface area (Å²) in [5.74, 6) is 2.03. The lowest BCUT2D eigenvalue weighted by molar-refractivity contribution is 0.749. The highest BCUT2D eigenvalue weighted by atomic mass is 35.5. The first kappa shape index (κ1) is 11.3. The van der Waals surface area contributed by atoms with Crippen LogP contribution < -0.4 is 0 Å². The molecule has 0 aliphatic heterocycles. The van der Waals surface area contributed by atoms with Crippen molar-refractivity contribution in [3.8, 4) is 5.82 Å². The number of halogens is 1. The number of rotatable bonds is 2. The van der Waals surface area contributed by atoms with Gasteiger partial charge in [0.15, 0.2) is 5.82 Å². The van der Waals surface area contributed by atoms with Crippen LogP contribution in [0.1, 0.15) is 11.4 Å². The molecule has 0 radical (unpaired) electrons. The number of aryl methyl sites for hydroxylation is 2. The van der Waals surface area contributed by atoms with Gasteiger partial charge in [0.05, 0.1) is 16.9 Å². The van der Waals surface area contributed by atoms with Crippen LogP contribution in [0.4, 0.5) is 0 Å². The molecule has 0 saturated heterocycles. The first-order valence-corrected chi connectivity index (χ1v) is 6.26. The molecule has 0 aliphatic carbocycles. The molecule has 1 aromatic carbocycles. The van der Waals surface area contributed by atoms with E-state index in [1.54, 1.807) is 4.68 Å². The summed E-state index contributed by atoms with van der Waals surface area (Å²) in [6.45, 7) is 2.06. The van der Waals surface area contributed by atoms with Crippen LogP contribution in [0.3, 0.4) is 0 Å². The van der Waals surface area contributed by atoms with Gasteiger partial charge >= 0.3 is 0 Å². The summed E-state index contributed by atoms with van der Waals surface area (Å²) in [5.41, 5.74) is 3.18. The van der Waals surface area contributed by atoms with E-state index >= 15 is 0 Å². The number of hydrogen-bond acceptors (Lipinski definition) is 2. The maximum absolute atomic E-state index is 5.98. The zero-order valence-corrected chi connectivity index (χ0v) is 11.0. The largest absolute Gasteiger partial charge is 0.278 e. The Morgan fingerprint density at radius 2 is 2.11 bits per heavy atom. The number of benzene rings is 1. The van der Waals surface area contributed by atoms with Gasteiger partial charge in [0.1, 0.15) is 5.82 Å². The molecule has 0 aliphatic rings. The zero-order chi connectivity index (χ0) is 12.7. The van der Waals surface area contributed by atoms with Gasteiger partial charge in [0.25, 0.3) is 0 Å². The second-order valence-electron chi connectivity index (χ2n) is 4.34. The van der Waals surface area contributed by atoms with Crippen molar-refractivity contribution < 1.29 is 0 Å². The monoisotopic (exact) mass is 260 g/mol. The van der Waals surface area contributed by atoms with Crippen LogP contribution in [0.5, 0.6) is 0 Å². The molecule has 18 heavy (non-hydrogen) atoms. The Morgan fingerprint density at radius 1 is 1.28 bits per heavy atom. The summed E-state index contributed by atoms with van der Waals surface area (Å²) in [5, 5.41) is 4.42.